The average Bonchev–Trinajstić information content (AvgIpc) is 2.90. The molecular formula is C16H14Cl2N2S. The molecule has 0 aliphatic heterocycles. The Kier molecular flexibility index (Phi) is 4.07. The van der Waals surface area contributed by atoms with Crippen LogP contribution in [0.3, 0.4) is 0 Å². The maximum Gasteiger partial charge on any atom is 0.0932 e. The molecular weight excluding hydrogens is 323 g/mol. The second-order valence-corrected chi connectivity index (χ2v) is 7.11. The Balaban J connectivity index is 2.04. The van der Waals surface area contributed by atoms with Crippen molar-refractivity contribution in [3.8, 4) is 0 Å². The minimum Gasteiger partial charge on any atom is -0.376 e. The lowest BCUT2D eigenvalue weighted by molar-refractivity contribution is 0.910. The molecule has 0 bridgehead atoms. The van der Waals surface area contributed by atoms with Crippen LogP contribution in [0.1, 0.15) is 23.4 Å². The zero-order valence-corrected chi connectivity index (χ0v) is 14.0. The molecule has 1 aromatic carbocycles. The van der Waals surface area contributed by atoms with Crippen LogP contribution in [-0.4, -0.2) is 4.98 Å². The van der Waals surface area contributed by atoms with E-state index in [1.807, 2.05) is 37.3 Å². The molecule has 3 rings (SSSR count). The van der Waals surface area contributed by atoms with Crippen molar-refractivity contribution in [1.82, 2.24) is 4.98 Å². The smallest absolute Gasteiger partial charge is 0.0932 e. The van der Waals surface area contributed by atoms with Crippen LogP contribution in [0, 0.1) is 6.92 Å². The van der Waals surface area contributed by atoms with Crippen LogP contribution in [0.15, 0.2) is 36.5 Å². The van der Waals surface area contributed by atoms with E-state index in [2.05, 4.69) is 17.2 Å². The minimum absolute atomic E-state index is 0.131. The van der Waals surface area contributed by atoms with Gasteiger partial charge < -0.3 is 5.32 Å². The van der Waals surface area contributed by atoms with Gasteiger partial charge in [-0.2, -0.15) is 0 Å². The standard InChI is InChI=1S/C16H14Cl2N2S/c1-9-8-12(17)16(11-4-3-7-19-15(9)11)20-10(2)13-5-6-14(18)21-13/h3-8,10,20H,1-2H3. The number of fused-ring (bicyclic) bond motifs is 1. The number of nitrogens with one attached hydrogen (secondary N) is 1. The van der Waals surface area contributed by atoms with Gasteiger partial charge in [0.15, 0.2) is 0 Å². The van der Waals surface area contributed by atoms with E-state index < -0.39 is 0 Å². The van der Waals surface area contributed by atoms with Gasteiger partial charge in [-0.15, -0.1) is 11.3 Å². The molecule has 0 fully saturated rings. The molecule has 5 heteroatoms. The summed E-state index contributed by atoms with van der Waals surface area (Å²) in [7, 11) is 0. The van der Waals surface area contributed by atoms with Crippen molar-refractivity contribution in [1.29, 1.82) is 0 Å². The van der Waals surface area contributed by atoms with Crippen molar-refractivity contribution < 1.29 is 0 Å². The van der Waals surface area contributed by atoms with Crippen molar-refractivity contribution in [2.75, 3.05) is 5.32 Å². The topological polar surface area (TPSA) is 24.9 Å². The van der Waals surface area contributed by atoms with Crippen LogP contribution in [0.25, 0.3) is 10.9 Å². The molecule has 21 heavy (non-hydrogen) atoms. The summed E-state index contributed by atoms with van der Waals surface area (Å²) in [5.74, 6) is 0. The highest BCUT2D eigenvalue weighted by Crippen LogP contribution is 2.36. The van der Waals surface area contributed by atoms with Crippen molar-refractivity contribution >= 4 is 51.1 Å². The Morgan fingerprint density at radius 1 is 1.24 bits per heavy atom. The van der Waals surface area contributed by atoms with Crippen LogP contribution < -0.4 is 5.32 Å². The lowest BCUT2D eigenvalue weighted by atomic mass is 10.1. The zero-order chi connectivity index (χ0) is 15.0. The maximum absolute atomic E-state index is 6.43. The summed E-state index contributed by atoms with van der Waals surface area (Å²) in [6, 6.07) is 10.00. The molecule has 1 N–H and O–H groups in total. The summed E-state index contributed by atoms with van der Waals surface area (Å²) >= 11 is 14.0. The molecule has 2 heterocycles. The summed E-state index contributed by atoms with van der Waals surface area (Å²) in [6.07, 6.45) is 1.80. The molecule has 2 aromatic heterocycles. The quantitative estimate of drug-likeness (QED) is 0.626. The summed E-state index contributed by atoms with van der Waals surface area (Å²) < 4.78 is 0.792. The molecule has 0 aliphatic carbocycles. The zero-order valence-electron chi connectivity index (χ0n) is 11.7. The van der Waals surface area contributed by atoms with Gasteiger partial charge in [-0.05, 0) is 49.7 Å². The van der Waals surface area contributed by atoms with Gasteiger partial charge >= 0.3 is 0 Å². The second-order valence-electron chi connectivity index (χ2n) is 4.96. The molecule has 2 nitrogen and oxygen atoms in total. The third-order valence-corrected chi connectivity index (χ3v) is 5.13. The summed E-state index contributed by atoms with van der Waals surface area (Å²) in [4.78, 5) is 5.62. The van der Waals surface area contributed by atoms with Gasteiger partial charge in [0.25, 0.3) is 0 Å². The number of pyridine rings is 1. The molecule has 108 valence electrons. The Morgan fingerprint density at radius 3 is 2.76 bits per heavy atom. The Morgan fingerprint density at radius 2 is 2.05 bits per heavy atom. The molecule has 0 aliphatic rings. The Labute approximate surface area is 137 Å². The number of thiophene rings is 1. The van der Waals surface area contributed by atoms with Crippen molar-refractivity contribution in [2.24, 2.45) is 0 Å². The molecule has 3 aromatic rings. The Bertz CT molecular complexity index is 798. The fourth-order valence-corrected chi connectivity index (χ4v) is 3.76. The minimum atomic E-state index is 0.131. The molecule has 0 saturated heterocycles. The van der Waals surface area contributed by atoms with E-state index >= 15 is 0 Å². The van der Waals surface area contributed by atoms with Crippen LogP contribution in [0.4, 0.5) is 5.69 Å². The normalized spacial score (nSPS) is 12.6. The van der Waals surface area contributed by atoms with Crippen molar-refractivity contribution in [2.45, 2.75) is 19.9 Å². The molecule has 0 saturated carbocycles. The number of aryl methyl sites for hydroxylation is 1. The first-order chi connectivity index (χ1) is 10.1. The fraction of sp³-hybridized carbons (Fsp3) is 0.188. The molecule has 1 atom stereocenters. The average molecular weight is 337 g/mol. The monoisotopic (exact) mass is 336 g/mol. The van der Waals surface area contributed by atoms with Gasteiger partial charge in [-0.25, -0.2) is 0 Å². The third kappa shape index (κ3) is 2.86. The van der Waals surface area contributed by atoms with Crippen LogP contribution in [0.2, 0.25) is 9.36 Å². The molecule has 0 radical (unpaired) electrons. The van der Waals surface area contributed by atoms with E-state index in [1.165, 1.54) is 4.88 Å². The predicted molar refractivity (Wildman–Crippen MR) is 92.9 cm³/mol. The van der Waals surface area contributed by atoms with E-state index in [1.54, 1.807) is 17.5 Å². The first-order valence-corrected chi connectivity index (χ1v) is 8.19. The van der Waals surface area contributed by atoms with Gasteiger partial charge in [0, 0.05) is 16.5 Å². The van der Waals surface area contributed by atoms with Gasteiger partial charge in [0.2, 0.25) is 0 Å². The Hall–Kier alpha value is -1.29. The van der Waals surface area contributed by atoms with E-state index in [-0.39, 0.29) is 6.04 Å². The van der Waals surface area contributed by atoms with Crippen LogP contribution in [-0.2, 0) is 0 Å². The lowest BCUT2D eigenvalue weighted by Gasteiger charge is -2.18. The summed E-state index contributed by atoms with van der Waals surface area (Å²) in [6.45, 7) is 4.12. The summed E-state index contributed by atoms with van der Waals surface area (Å²) in [5, 5.41) is 5.24. The van der Waals surface area contributed by atoms with Crippen LogP contribution >= 0.6 is 34.5 Å². The lowest BCUT2D eigenvalue weighted by Crippen LogP contribution is -2.06. The number of benzene rings is 1. The molecule has 0 amide bonds. The third-order valence-electron chi connectivity index (χ3n) is 3.41. The second kappa shape index (κ2) is 5.84. The van der Waals surface area contributed by atoms with Gasteiger partial charge in [0.05, 0.1) is 26.6 Å². The number of hydrogen-bond donors (Lipinski definition) is 1. The highest BCUT2D eigenvalue weighted by Gasteiger charge is 2.14. The van der Waals surface area contributed by atoms with Crippen molar-refractivity contribution in [3.63, 3.8) is 0 Å². The largest absolute Gasteiger partial charge is 0.376 e. The van der Waals surface area contributed by atoms with Crippen molar-refractivity contribution in [3.05, 3.63) is 56.3 Å². The highest BCUT2D eigenvalue weighted by atomic mass is 35.5. The van der Waals surface area contributed by atoms with Gasteiger partial charge in [-0.3, -0.25) is 4.98 Å². The fourth-order valence-electron chi connectivity index (χ4n) is 2.38. The highest BCUT2D eigenvalue weighted by molar-refractivity contribution is 7.16. The number of hydrogen-bond acceptors (Lipinski definition) is 3. The first-order valence-electron chi connectivity index (χ1n) is 6.62. The summed E-state index contributed by atoms with van der Waals surface area (Å²) in [5.41, 5.74) is 2.97. The van der Waals surface area contributed by atoms with Crippen LogP contribution in [0.5, 0.6) is 0 Å². The predicted octanol–water partition coefficient (Wildman–Crippen LogP) is 6.08. The van der Waals surface area contributed by atoms with E-state index in [4.69, 9.17) is 23.2 Å². The number of aromatic nitrogens is 1. The first kappa shape index (κ1) is 14.6. The maximum atomic E-state index is 6.43. The number of rotatable bonds is 3. The molecule has 1 unspecified atom stereocenters. The van der Waals surface area contributed by atoms with Gasteiger partial charge in [-0.1, -0.05) is 23.2 Å². The van der Waals surface area contributed by atoms with E-state index in [0.29, 0.717) is 5.02 Å². The number of nitrogens with zero attached hydrogens (tertiary/aromatic N) is 1. The SMILES string of the molecule is Cc1cc(Cl)c(NC(C)c2ccc(Cl)s2)c2cccnc12. The van der Waals surface area contributed by atoms with Gasteiger partial charge in [0.1, 0.15) is 0 Å². The molecule has 0 spiro atoms. The number of anilines is 1. The van der Waals surface area contributed by atoms with E-state index in [9.17, 15) is 0 Å². The number of halogens is 2. The van der Waals surface area contributed by atoms with E-state index in [0.717, 1.165) is 26.5 Å².